The highest BCUT2D eigenvalue weighted by molar-refractivity contribution is 5.86. The number of benzene rings is 1. The Bertz CT molecular complexity index is 978. The Morgan fingerprint density at radius 2 is 1.84 bits per heavy atom. The van der Waals surface area contributed by atoms with Crippen molar-refractivity contribution in [3.8, 4) is 5.75 Å². The molecule has 1 heterocycles. The summed E-state index contributed by atoms with van der Waals surface area (Å²) in [6.07, 6.45) is 6.02. The SMILES string of the molecule is CCCCCCc1c(C)c2ccc(OCC(=O)NC(CCC)C(=O)O)c(C)c2oc1=O. The lowest BCUT2D eigenvalue weighted by Crippen LogP contribution is -2.42. The number of nitrogens with one attached hydrogen (secondary N) is 1. The quantitative estimate of drug-likeness (QED) is 0.384. The molecule has 0 bridgehead atoms. The van der Waals surface area contributed by atoms with Crippen molar-refractivity contribution < 1.29 is 23.8 Å². The van der Waals surface area contributed by atoms with Gasteiger partial charge in [-0.3, -0.25) is 4.79 Å². The Hall–Kier alpha value is -2.83. The van der Waals surface area contributed by atoms with Crippen LogP contribution in [-0.2, 0) is 16.0 Å². The van der Waals surface area contributed by atoms with E-state index in [9.17, 15) is 14.4 Å². The van der Waals surface area contributed by atoms with E-state index in [4.69, 9.17) is 14.3 Å². The van der Waals surface area contributed by atoms with Gasteiger partial charge in [-0.1, -0.05) is 39.5 Å². The zero-order valence-electron chi connectivity index (χ0n) is 18.9. The van der Waals surface area contributed by atoms with Crippen molar-refractivity contribution >= 4 is 22.8 Å². The molecule has 0 aliphatic carbocycles. The molecule has 1 aromatic heterocycles. The molecule has 2 N–H and O–H groups in total. The highest BCUT2D eigenvalue weighted by Gasteiger charge is 2.20. The number of carbonyl (C=O) groups is 2. The predicted octanol–water partition coefficient (Wildman–Crippen LogP) is 4.28. The van der Waals surface area contributed by atoms with E-state index < -0.39 is 17.9 Å². The van der Waals surface area contributed by atoms with E-state index in [1.54, 1.807) is 13.0 Å². The first-order chi connectivity index (χ1) is 14.8. The van der Waals surface area contributed by atoms with E-state index in [2.05, 4.69) is 12.2 Å². The highest BCUT2D eigenvalue weighted by Crippen LogP contribution is 2.29. The largest absolute Gasteiger partial charge is 0.483 e. The smallest absolute Gasteiger partial charge is 0.339 e. The molecule has 7 nitrogen and oxygen atoms in total. The van der Waals surface area contributed by atoms with Gasteiger partial charge in [0, 0.05) is 16.5 Å². The van der Waals surface area contributed by atoms with Gasteiger partial charge in [0.1, 0.15) is 17.4 Å². The monoisotopic (exact) mass is 431 g/mol. The number of amides is 1. The maximum Gasteiger partial charge on any atom is 0.339 e. The fraction of sp³-hybridized carbons (Fsp3) is 0.542. The summed E-state index contributed by atoms with van der Waals surface area (Å²) in [4.78, 5) is 35.9. The molecule has 170 valence electrons. The van der Waals surface area contributed by atoms with E-state index in [-0.39, 0.29) is 12.2 Å². The third kappa shape index (κ3) is 6.32. The second-order valence-corrected chi connectivity index (χ2v) is 7.90. The number of fused-ring (bicyclic) bond motifs is 1. The minimum Gasteiger partial charge on any atom is -0.483 e. The topological polar surface area (TPSA) is 106 Å². The summed E-state index contributed by atoms with van der Waals surface area (Å²) >= 11 is 0. The molecule has 0 aliphatic heterocycles. The van der Waals surface area contributed by atoms with Crippen LogP contribution in [-0.4, -0.2) is 29.6 Å². The van der Waals surface area contributed by atoms with Gasteiger partial charge in [0.2, 0.25) is 0 Å². The third-order valence-electron chi connectivity index (χ3n) is 5.50. The molecule has 1 aromatic carbocycles. The molecule has 0 saturated carbocycles. The van der Waals surface area contributed by atoms with Crippen molar-refractivity contribution in [1.82, 2.24) is 5.32 Å². The fourth-order valence-corrected chi connectivity index (χ4v) is 3.67. The molecule has 1 atom stereocenters. The van der Waals surface area contributed by atoms with Gasteiger partial charge in [-0.15, -0.1) is 0 Å². The number of unbranched alkanes of at least 4 members (excludes halogenated alkanes) is 3. The van der Waals surface area contributed by atoms with Crippen molar-refractivity contribution in [3.05, 3.63) is 39.2 Å². The number of hydrogen-bond donors (Lipinski definition) is 2. The van der Waals surface area contributed by atoms with E-state index in [1.165, 1.54) is 0 Å². The van der Waals surface area contributed by atoms with E-state index in [0.29, 0.717) is 41.7 Å². The molecular weight excluding hydrogens is 398 g/mol. The zero-order valence-corrected chi connectivity index (χ0v) is 18.9. The maximum atomic E-state index is 12.6. The Morgan fingerprint density at radius 3 is 2.48 bits per heavy atom. The summed E-state index contributed by atoms with van der Waals surface area (Å²) in [5.41, 5.74) is 2.38. The summed E-state index contributed by atoms with van der Waals surface area (Å²) in [6, 6.07) is 2.65. The Labute approximate surface area is 182 Å². The molecule has 1 amide bonds. The molecule has 2 rings (SSSR count). The van der Waals surface area contributed by atoms with Crippen LogP contribution >= 0.6 is 0 Å². The summed E-state index contributed by atoms with van der Waals surface area (Å²) in [7, 11) is 0. The number of aliphatic carboxylic acids is 1. The zero-order chi connectivity index (χ0) is 23.0. The second-order valence-electron chi connectivity index (χ2n) is 7.90. The molecule has 0 spiro atoms. The maximum absolute atomic E-state index is 12.6. The highest BCUT2D eigenvalue weighted by atomic mass is 16.5. The lowest BCUT2D eigenvalue weighted by Gasteiger charge is -2.15. The van der Waals surface area contributed by atoms with Crippen LogP contribution in [0, 0.1) is 13.8 Å². The van der Waals surface area contributed by atoms with Gasteiger partial charge >= 0.3 is 11.6 Å². The Balaban J connectivity index is 2.16. The van der Waals surface area contributed by atoms with Crippen LogP contribution in [0.5, 0.6) is 5.75 Å². The first-order valence-corrected chi connectivity index (χ1v) is 11.0. The number of carboxylic acid groups (broad SMARTS) is 1. The molecule has 0 radical (unpaired) electrons. The average Bonchev–Trinajstić information content (AvgIpc) is 2.72. The van der Waals surface area contributed by atoms with E-state index >= 15 is 0 Å². The van der Waals surface area contributed by atoms with Crippen LogP contribution < -0.4 is 15.7 Å². The lowest BCUT2D eigenvalue weighted by atomic mass is 9.99. The van der Waals surface area contributed by atoms with Crippen molar-refractivity contribution in [2.75, 3.05) is 6.61 Å². The fourth-order valence-electron chi connectivity index (χ4n) is 3.67. The normalized spacial score (nSPS) is 12.0. The molecule has 31 heavy (non-hydrogen) atoms. The number of carboxylic acids is 1. The van der Waals surface area contributed by atoms with Crippen LogP contribution in [0.25, 0.3) is 11.0 Å². The Morgan fingerprint density at radius 1 is 1.10 bits per heavy atom. The van der Waals surface area contributed by atoms with E-state index in [0.717, 1.165) is 36.6 Å². The number of carbonyl (C=O) groups excluding carboxylic acids is 1. The van der Waals surface area contributed by atoms with Gasteiger partial charge in [0.05, 0.1) is 0 Å². The average molecular weight is 432 g/mol. The van der Waals surface area contributed by atoms with Crippen molar-refractivity contribution in [3.63, 3.8) is 0 Å². The standard InChI is InChI=1S/C24H33NO6/c1-5-7-8-9-11-18-15(3)17-12-13-20(16(4)22(17)31-24(18)29)30-14-21(26)25-19(10-6-2)23(27)28/h12-13,19H,5-11,14H2,1-4H3,(H,25,26)(H,27,28). The summed E-state index contributed by atoms with van der Waals surface area (Å²) in [6.45, 7) is 7.39. The molecule has 0 saturated heterocycles. The van der Waals surface area contributed by atoms with E-state index in [1.807, 2.05) is 19.9 Å². The van der Waals surface area contributed by atoms with Crippen molar-refractivity contribution in [1.29, 1.82) is 0 Å². The summed E-state index contributed by atoms with van der Waals surface area (Å²) < 4.78 is 11.2. The molecule has 0 fully saturated rings. The van der Waals surface area contributed by atoms with Gasteiger partial charge in [-0.05, 0) is 50.8 Å². The second kappa shape index (κ2) is 11.5. The van der Waals surface area contributed by atoms with Gasteiger partial charge in [-0.2, -0.15) is 0 Å². The summed E-state index contributed by atoms with van der Waals surface area (Å²) in [5.74, 6) is -1.16. The van der Waals surface area contributed by atoms with Crippen LogP contribution in [0.2, 0.25) is 0 Å². The molecule has 2 aromatic rings. The molecule has 1 unspecified atom stereocenters. The minimum atomic E-state index is -1.07. The third-order valence-corrected chi connectivity index (χ3v) is 5.50. The van der Waals surface area contributed by atoms with Crippen LogP contribution in [0.4, 0.5) is 0 Å². The Kier molecular flexibility index (Phi) is 9.09. The predicted molar refractivity (Wildman–Crippen MR) is 120 cm³/mol. The minimum absolute atomic E-state index is 0.321. The van der Waals surface area contributed by atoms with Crippen LogP contribution in [0.15, 0.2) is 21.3 Å². The van der Waals surface area contributed by atoms with Crippen molar-refractivity contribution in [2.45, 2.75) is 78.7 Å². The molecule has 7 heteroatoms. The molecular formula is C24H33NO6. The number of rotatable bonds is 12. The van der Waals surface area contributed by atoms with Crippen LogP contribution in [0.3, 0.4) is 0 Å². The summed E-state index contributed by atoms with van der Waals surface area (Å²) in [5, 5.41) is 12.5. The van der Waals surface area contributed by atoms with Gasteiger partial charge in [-0.25, -0.2) is 9.59 Å². The number of aryl methyl sites for hydroxylation is 2. The first-order valence-electron chi connectivity index (χ1n) is 11.0. The van der Waals surface area contributed by atoms with Gasteiger partial charge in [0.25, 0.3) is 5.91 Å². The first kappa shape index (κ1) is 24.4. The van der Waals surface area contributed by atoms with Gasteiger partial charge < -0.3 is 19.6 Å². The van der Waals surface area contributed by atoms with Crippen LogP contribution in [0.1, 0.15) is 69.1 Å². The lowest BCUT2D eigenvalue weighted by molar-refractivity contribution is -0.142. The number of ether oxygens (including phenoxy) is 1. The number of hydrogen-bond acceptors (Lipinski definition) is 5. The van der Waals surface area contributed by atoms with Gasteiger partial charge in [0.15, 0.2) is 6.61 Å². The molecule has 0 aliphatic rings. The van der Waals surface area contributed by atoms with Crippen molar-refractivity contribution in [2.24, 2.45) is 0 Å².